The molecule has 0 heterocycles. The van der Waals surface area contributed by atoms with E-state index in [1.807, 2.05) is 0 Å². The Balaban J connectivity index is 2.97. The molecule has 5 heteroatoms. The van der Waals surface area contributed by atoms with Crippen molar-refractivity contribution in [2.75, 3.05) is 0 Å². The van der Waals surface area contributed by atoms with E-state index in [1.54, 1.807) is 0 Å². The average molecular weight is 329 g/mol. The summed E-state index contributed by atoms with van der Waals surface area (Å²) >= 11 is 3.31. The molecule has 4 nitrogen and oxygen atoms in total. The summed E-state index contributed by atoms with van der Waals surface area (Å²) in [5.74, 6) is -2.43. The molecule has 0 atom stereocenters. The van der Waals surface area contributed by atoms with Crippen molar-refractivity contribution in [3.05, 3.63) is 33.3 Å². The van der Waals surface area contributed by atoms with E-state index in [2.05, 4.69) is 22.9 Å². The van der Waals surface area contributed by atoms with Crippen LogP contribution in [0, 0.1) is 0 Å². The van der Waals surface area contributed by atoms with Crippen LogP contribution in [-0.4, -0.2) is 22.2 Å². The molecule has 19 heavy (non-hydrogen) atoms. The minimum atomic E-state index is -1.23. The van der Waals surface area contributed by atoms with E-state index in [1.165, 1.54) is 12.1 Å². The maximum Gasteiger partial charge on any atom is 0.336 e. The summed E-state index contributed by atoms with van der Waals surface area (Å²) < 4.78 is 0.659. The van der Waals surface area contributed by atoms with Gasteiger partial charge in [-0.05, 0) is 30.5 Å². The Morgan fingerprint density at radius 2 is 1.63 bits per heavy atom. The molecule has 1 aromatic carbocycles. The van der Waals surface area contributed by atoms with Crippen LogP contribution >= 0.6 is 15.9 Å². The summed E-state index contributed by atoms with van der Waals surface area (Å²) in [5, 5.41) is 18.1. The maximum absolute atomic E-state index is 11.1. The predicted octanol–water partition coefficient (Wildman–Crippen LogP) is 3.97. The molecule has 0 unspecified atom stereocenters. The van der Waals surface area contributed by atoms with Gasteiger partial charge in [0.1, 0.15) is 0 Å². The Hall–Kier alpha value is -1.36. The van der Waals surface area contributed by atoms with Gasteiger partial charge >= 0.3 is 11.9 Å². The number of aromatic carboxylic acids is 2. The van der Waals surface area contributed by atoms with Crippen LogP contribution in [0.1, 0.15) is 58.9 Å². The van der Waals surface area contributed by atoms with Crippen molar-refractivity contribution in [3.63, 3.8) is 0 Å². The second-order valence-corrected chi connectivity index (χ2v) is 5.26. The molecule has 0 aromatic heterocycles. The number of hydrogen-bond donors (Lipinski definition) is 2. The molecule has 0 fully saturated rings. The van der Waals surface area contributed by atoms with Gasteiger partial charge in [-0.3, -0.25) is 0 Å². The molecule has 0 aliphatic heterocycles. The molecular weight excluding hydrogens is 312 g/mol. The first-order valence-corrected chi connectivity index (χ1v) is 7.05. The SMILES string of the molecule is CCCCCCc1cc(C(=O)O)c(C(=O)O)cc1Br. The van der Waals surface area contributed by atoms with Crippen LogP contribution in [0.3, 0.4) is 0 Å². The number of rotatable bonds is 7. The zero-order valence-corrected chi connectivity index (χ0v) is 12.4. The fourth-order valence-electron chi connectivity index (χ4n) is 1.91. The second-order valence-electron chi connectivity index (χ2n) is 4.41. The number of carboxylic acids is 2. The van der Waals surface area contributed by atoms with Gasteiger partial charge in [-0.2, -0.15) is 0 Å². The zero-order chi connectivity index (χ0) is 14.4. The lowest BCUT2D eigenvalue weighted by Gasteiger charge is -2.09. The largest absolute Gasteiger partial charge is 0.478 e. The smallest absolute Gasteiger partial charge is 0.336 e. The molecule has 0 radical (unpaired) electrons. The highest BCUT2D eigenvalue weighted by Gasteiger charge is 2.18. The fourth-order valence-corrected chi connectivity index (χ4v) is 2.45. The Labute approximate surface area is 120 Å². The summed E-state index contributed by atoms with van der Waals surface area (Å²) in [5.41, 5.74) is 0.511. The molecular formula is C14H17BrO4. The maximum atomic E-state index is 11.1. The predicted molar refractivity (Wildman–Crippen MR) is 75.9 cm³/mol. The summed E-state index contributed by atoms with van der Waals surface area (Å²) in [7, 11) is 0. The van der Waals surface area contributed by atoms with Crippen LogP contribution in [0.2, 0.25) is 0 Å². The second kappa shape index (κ2) is 7.28. The van der Waals surface area contributed by atoms with E-state index in [4.69, 9.17) is 10.2 Å². The summed E-state index contributed by atoms with van der Waals surface area (Å²) in [6.07, 6.45) is 5.10. The van der Waals surface area contributed by atoms with Crippen molar-refractivity contribution in [2.45, 2.75) is 39.0 Å². The summed E-state index contributed by atoms with van der Waals surface area (Å²) in [6.45, 7) is 2.13. The molecule has 0 saturated carbocycles. The van der Waals surface area contributed by atoms with Gasteiger partial charge in [-0.15, -0.1) is 0 Å². The van der Waals surface area contributed by atoms with Gasteiger partial charge in [0, 0.05) is 4.47 Å². The van der Waals surface area contributed by atoms with E-state index in [0.717, 1.165) is 37.7 Å². The third kappa shape index (κ3) is 4.35. The normalized spacial score (nSPS) is 10.4. The van der Waals surface area contributed by atoms with Crippen molar-refractivity contribution in [1.29, 1.82) is 0 Å². The first-order chi connectivity index (χ1) is 8.97. The number of carboxylic acid groups (broad SMARTS) is 2. The molecule has 0 amide bonds. The van der Waals surface area contributed by atoms with Gasteiger partial charge in [0.2, 0.25) is 0 Å². The Morgan fingerprint density at radius 3 is 2.16 bits per heavy atom. The molecule has 0 spiro atoms. The van der Waals surface area contributed by atoms with Crippen LogP contribution in [-0.2, 0) is 6.42 Å². The van der Waals surface area contributed by atoms with Gasteiger partial charge in [0.25, 0.3) is 0 Å². The number of halogens is 1. The lowest BCUT2D eigenvalue weighted by Crippen LogP contribution is -2.09. The first kappa shape index (κ1) is 15.7. The molecule has 0 saturated heterocycles. The van der Waals surface area contributed by atoms with E-state index in [-0.39, 0.29) is 11.1 Å². The van der Waals surface area contributed by atoms with E-state index < -0.39 is 11.9 Å². The quantitative estimate of drug-likeness (QED) is 0.742. The topological polar surface area (TPSA) is 74.6 Å². The highest BCUT2D eigenvalue weighted by molar-refractivity contribution is 9.10. The minimum absolute atomic E-state index is 0.152. The molecule has 1 aromatic rings. The van der Waals surface area contributed by atoms with Gasteiger partial charge in [0.05, 0.1) is 11.1 Å². The lowest BCUT2D eigenvalue weighted by atomic mass is 10.00. The Kier molecular flexibility index (Phi) is 6.02. The molecule has 104 valence electrons. The van der Waals surface area contributed by atoms with E-state index in [0.29, 0.717) is 4.47 Å². The zero-order valence-electron chi connectivity index (χ0n) is 10.8. The van der Waals surface area contributed by atoms with Crippen LogP contribution < -0.4 is 0 Å². The third-order valence-corrected chi connectivity index (χ3v) is 3.69. The van der Waals surface area contributed by atoms with E-state index in [9.17, 15) is 9.59 Å². The molecule has 0 aliphatic rings. The number of carbonyl (C=O) groups is 2. The van der Waals surface area contributed by atoms with Gasteiger partial charge in [0.15, 0.2) is 0 Å². The van der Waals surface area contributed by atoms with Crippen LogP contribution in [0.4, 0.5) is 0 Å². The summed E-state index contributed by atoms with van der Waals surface area (Å²) in [6, 6.07) is 2.84. The standard InChI is InChI=1S/C14H17BrO4/c1-2-3-4-5-6-9-7-10(13(16)17)11(14(18)19)8-12(9)15/h7-8H,2-6H2,1H3,(H,16,17)(H,18,19). The first-order valence-electron chi connectivity index (χ1n) is 6.26. The van der Waals surface area contributed by atoms with Crippen LogP contribution in [0.25, 0.3) is 0 Å². The summed E-state index contributed by atoms with van der Waals surface area (Å²) in [4.78, 5) is 22.1. The number of benzene rings is 1. The van der Waals surface area contributed by atoms with Gasteiger partial charge in [-0.25, -0.2) is 9.59 Å². The highest BCUT2D eigenvalue weighted by Crippen LogP contribution is 2.24. The fraction of sp³-hybridized carbons (Fsp3) is 0.429. The van der Waals surface area contributed by atoms with E-state index >= 15 is 0 Å². The number of unbranched alkanes of at least 4 members (excludes halogenated alkanes) is 3. The van der Waals surface area contributed by atoms with Crippen molar-refractivity contribution in [3.8, 4) is 0 Å². The Morgan fingerprint density at radius 1 is 1.05 bits per heavy atom. The highest BCUT2D eigenvalue weighted by atomic mass is 79.9. The Bertz CT molecular complexity index is 483. The lowest BCUT2D eigenvalue weighted by molar-refractivity contribution is 0.0651. The van der Waals surface area contributed by atoms with Crippen molar-refractivity contribution >= 4 is 27.9 Å². The molecule has 0 bridgehead atoms. The number of aryl methyl sites for hydroxylation is 1. The molecule has 0 aliphatic carbocycles. The van der Waals surface area contributed by atoms with Gasteiger partial charge in [-0.1, -0.05) is 42.1 Å². The average Bonchev–Trinajstić information content (AvgIpc) is 2.35. The van der Waals surface area contributed by atoms with Crippen molar-refractivity contribution in [2.24, 2.45) is 0 Å². The molecule has 1 rings (SSSR count). The van der Waals surface area contributed by atoms with Crippen molar-refractivity contribution in [1.82, 2.24) is 0 Å². The molecule has 2 N–H and O–H groups in total. The number of hydrogen-bond acceptors (Lipinski definition) is 2. The monoisotopic (exact) mass is 328 g/mol. The third-order valence-electron chi connectivity index (χ3n) is 2.95. The van der Waals surface area contributed by atoms with Crippen LogP contribution in [0.15, 0.2) is 16.6 Å². The minimum Gasteiger partial charge on any atom is -0.478 e. The van der Waals surface area contributed by atoms with Gasteiger partial charge < -0.3 is 10.2 Å². The van der Waals surface area contributed by atoms with Crippen molar-refractivity contribution < 1.29 is 19.8 Å². The van der Waals surface area contributed by atoms with Crippen LogP contribution in [0.5, 0.6) is 0 Å².